The first-order valence-electron chi connectivity index (χ1n) is 15.7. The van der Waals surface area contributed by atoms with E-state index in [0.29, 0.717) is 6.07 Å². The number of thioether (sulfide) groups is 1. The van der Waals surface area contributed by atoms with Gasteiger partial charge >= 0.3 is 65.1 Å². The Morgan fingerprint density at radius 3 is 2.53 bits per heavy atom. The van der Waals surface area contributed by atoms with Crippen molar-refractivity contribution >= 4 is 43.2 Å². The molecule has 0 amide bonds. The number of carbonyl (C=O) groups excluding carboxylic acids is 1. The largest absolute Gasteiger partial charge is 1.00 e. The van der Waals surface area contributed by atoms with Crippen LogP contribution in [0.4, 0.5) is 13.2 Å². The van der Waals surface area contributed by atoms with Crippen molar-refractivity contribution in [1.29, 1.82) is 5.26 Å². The van der Waals surface area contributed by atoms with E-state index in [1.54, 1.807) is 25.2 Å². The van der Waals surface area contributed by atoms with Crippen LogP contribution in [-0.2, 0) is 42.1 Å². The van der Waals surface area contributed by atoms with Crippen LogP contribution in [0.2, 0.25) is 5.02 Å². The molecule has 0 N–H and O–H groups in total. The van der Waals surface area contributed by atoms with Crippen molar-refractivity contribution in [3.05, 3.63) is 136 Å². The molecule has 1 aliphatic rings. The number of hydrogen-bond acceptors (Lipinski definition) is 12. The number of nitrogens with zero attached hydrogens (tertiary/aromatic N) is 4. The molecule has 1 saturated heterocycles. The van der Waals surface area contributed by atoms with E-state index < -0.39 is 60.2 Å². The van der Waals surface area contributed by atoms with Gasteiger partial charge in [-0.1, -0.05) is 42.0 Å². The van der Waals surface area contributed by atoms with E-state index >= 15 is 4.39 Å². The van der Waals surface area contributed by atoms with Crippen molar-refractivity contribution in [2.75, 3.05) is 13.2 Å². The number of phosphoric ester groups is 1. The van der Waals surface area contributed by atoms with Crippen LogP contribution >= 0.6 is 31.2 Å². The van der Waals surface area contributed by atoms with Crippen LogP contribution in [0.25, 0.3) is 6.08 Å². The Morgan fingerprint density at radius 1 is 1.15 bits per heavy atom. The van der Waals surface area contributed by atoms with Crippen molar-refractivity contribution in [1.82, 2.24) is 14.8 Å². The first-order valence-corrected chi connectivity index (χ1v) is 18.4. The molecule has 0 spiro atoms. The molecule has 5 rings (SSSR count). The van der Waals surface area contributed by atoms with Crippen molar-refractivity contribution in [2.45, 2.75) is 42.5 Å². The van der Waals surface area contributed by atoms with Crippen LogP contribution in [0.1, 0.15) is 39.5 Å². The summed E-state index contributed by atoms with van der Waals surface area (Å²) < 4.78 is 79.1. The van der Waals surface area contributed by atoms with Crippen molar-refractivity contribution < 1.29 is 110 Å². The first-order chi connectivity index (χ1) is 25.3. The summed E-state index contributed by atoms with van der Waals surface area (Å²) >= 11 is 7.49. The zero-order chi connectivity index (χ0) is 38.2. The fourth-order valence-electron chi connectivity index (χ4n) is 5.39. The topological polar surface area (TPSA) is 172 Å². The Balaban J connectivity index is 0.00000406. The van der Waals surface area contributed by atoms with Gasteiger partial charge in [0.1, 0.15) is 30.1 Å². The monoisotopic (exact) mass is 834 g/mol. The SMILES string of the molecule is C[C@@H](SC1COC(/C=C/C=C/c2ccc(C#N)cc2F)OC1)[C@@](Cn1cncn1)(OC(=O)c1cccc(Cl)c1COP(=O)([O-])[O-])c1ccc(F)cc1F.[Na+].[Na+]. The van der Waals surface area contributed by atoms with Crippen LogP contribution in [-0.4, -0.2) is 50.7 Å². The van der Waals surface area contributed by atoms with Gasteiger partial charge in [-0.25, -0.2) is 27.6 Å². The van der Waals surface area contributed by atoms with Gasteiger partial charge in [0.05, 0.1) is 56.6 Å². The second-order valence-electron chi connectivity index (χ2n) is 11.5. The number of carbonyl (C=O) groups is 1. The molecule has 1 fully saturated rings. The predicted octanol–water partition coefficient (Wildman–Crippen LogP) is -0.541. The van der Waals surface area contributed by atoms with E-state index in [1.807, 2.05) is 6.07 Å². The van der Waals surface area contributed by atoms with Gasteiger partial charge in [0.2, 0.25) is 0 Å². The summed E-state index contributed by atoms with van der Waals surface area (Å²) in [6, 6.07) is 12.8. The minimum Gasteiger partial charge on any atom is -0.790 e. The Hall–Kier alpha value is -2.30. The standard InChI is InChI=1S/C35H31ClF3N4O8PS.2Na/c1-22(53-26-16-48-33(49-17-26)8-3-2-5-24-10-9-23(15-40)13-31(24)38)35(19-43-21-41-20-42-43,29-12-11-25(37)14-32(29)39)51-34(44)27-6-4-7-30(36)28(27)18-50-52(45,46)47;;/h2-14,20-22,26,33H,16-19H2,1H3,(H2,45,46,47);;/q;2*+1/p-2/b5-2+,8-3+;;/t22-,26?,33?,35-;;/m1../s1. The normalized spacial score (nSPS) is 17.5. The van der Waals surface area contributed by atoms with E-state index in [9.17, 15) is 27.9 Å². The molecule has 0 radical (unpaired) electrons. The van der Waals surface area contributed by atoms with Crippen molar-refractivity contribution in [2.24, 2.45) is 0 Å². The molecular weight excluding hydrogens is 806 g/mol. The molecule has 1 aliphatic heterocycles. The third-order valence-electron chi connectivity index (χ3n) is 7.96. The first kappa shape index (κ1) is 47.1. The molecule has 20 heteroatoms. The third-order valence-corrected chi connectivity index (χ3v) is 10.2. The summed E-state index contributed by atoms with van der Waals surface area (Å²) in [5.41, 5.74) is -2.12. The Kier molecular flexibility index (Phi) is 18.4. The number of ether oxygens (including phenoxy) is 3. The fourth-order valence-corrected chi connectivity index (χ4v) is 7.26. The van der Waals surface area contributed by atoms with Gasteiger partial charge < -0.3 is 33.1 Å². The molecule has 12 nitrogen and oxygen atoms in total. The van der Waals surface area contributed by atoms with Crippen LogP contribution in [0.15, 0.2) is 85.5 Å². The predicted molar refractivity (Wildman–Crippen MR) is 183 cm³/mol. The van der Waals surface area contributed by atoms with Crippen LogP contribution in [0, 0.1) is 28.8 Å². The van der Waals surface area contributed by atoms with E-state index in [4.69, 9.17) is 31.1 Å². The van der Waals surface area contributed by atoms with Gasteiger partial charge in [-0.3, -0.25) is 0 Å². The minimum atomic E-state index is -5.48. The number of allylic oxidation sites excluding steroid dienone is 2. The van der Waals surface area contributed by atoms with E-state index in [1.165, 1.54) is 65.5 Å². The number of esters is 1. The van der Waals surface area contributed by atoms with Gasteiger partial charge in [0.25, 0.3) is 0 Å². The zero-order valence-corrected chi connectivity index (χ0v) is 36.1. The van der Waals surface area contributed by atoms with Crippen molar-refractivity contribution in [3.8, 4) is 6.07 Å². The number of rotatable bonds is 14. The van der Waals surface area contributed by atoms with Gasteiger partial charge in [-0.15, -0.1) is 11.8 Å². The molecule has 0 unspecified atom stereocenters. The fraction of sp³-hybridized carbons (Fsp3) is 0.257. The van der Waals surface area contributed by atoms with E-state index in [0.717, 1.165) is 18.2 Å². The van der Waals surface area contributed by atoms with Crippen LogP contribution in [0.3, 0.4) is 0 Å². The quantitative estimate of drug-likeness (QED) is 0.0689. The number of aromatic nitrogens is 3. The second-order valence-corrected chi connectivity index (χ2v) is 14.7. The molecule has 1 aromatic heterocycles. The van der Waals surface area contributed by atoms with Crippen molar-refractivity contribution in [3.63, 3.8) is 0 Å². The summed E-state index contributed by atoms with van der Waals surface area (Å²) in [7, 11) is -5.48. The average Bonchev–Trinajstić information content (AvgIpc) is 3.63. The molecular formula is C35H29ClF3N4Na2O8PS. The average molecular weight is 835 g/mol. The number of nitriles is 1. The molecule has 278 valence electrons. The second kappa shape index (κ2) is 21.5. The number of hydrogen-bond donors (Lipinski definition) is 0. The van der Waals surface area contributed by atoms with E-state index in [2.05, 4.69) is 14.6 Å². The number of benzene rings is 3. The molecule has 0 saturated carbocycles. The van der Waals surface area contributed by atoms with Crippen LogP contribution < -0.4 is 68.9 Å². The van der Waals surface area contributed by atoms with Gasteiger partial charge in [-0.2, -0.15) is 10.4 Å². The molecule has 0 bridgehead atoms. The molecule has 2 heterocycles. The Morgan fingerprint density at radius 2 is 1.89 bits per heavy atom. The van der Waals surface area contributed by atoms with Gasteiger partial charge in [-0.05, 0) is 49.4 Å². The zero-order valence-electron chi connectivity index (χ0n) is 29.6. The maximum Gasteiger partial charge on any atom is 1.00 e. The Bertz CT molecular complexity index is 2080. The molecule has 55 heavy (non-hydrogen) atoms. The molecule has 0 aliphatic carbocycles. The summed E-state index contributed by atoms with van der Waals surface area (Å²) in [6.45, 7) is 0.733. The summed E-state index contributed by atoms with van der Waals surface area (Å²) in [5.74, 6) is -3.55. The Labute approximate surface area is 367 Å². The molecule has 2 atom stereocenters. The van der Waals surface area contributed by atoms with E-state index in [-0.39, 0.29) is 112 Å². The van der Waals surface area contributed by atoms with Crippen LogP contribution in [0.5, 0.6) is 0 Å². The maximum absolute atomic E-state index is 15.8. The summed E-state index contributed by atoms with van der Waals surface area (Å²) in [4.78, 5) is 40.5. The van der Waals surface area contributed by atoms with Gasteiger partial charge in [0, 0.05) is 33.0 Å². The summed E-state index contributed by atoms with van der Waals surface area (Å²) in [6.07, 6.45) is 8.10. The number of phosphoric acid groups is 1. The van der Waals surface area contributed by atoms with Gasteiger partial charge in [0.15, 0.2) is 11.9 Å². The molecule has 4 aromatic rings. The maximum atomic E-state index is 15.8. The number of halogens is 4. The molecule has 3 aromatic carbocycles. The smallest absolute Gasteiger partial charge is 0.790 e. The third kappa shape index (κ3) is 12.8. The summed E-state index contributed by atoms with van der Waals surface area (Å²) in [5, 5.41) is 11.7. The minimum absolute atomic E-state index is 0.